The highest BCUT2D eigenvalue weighted by molar-refractivity contribution is 5.67. The van der Waals surface area contributed by atoms with Crippen molar-refractivity contribution in [1.29, 1.82) is 0 Å². The quantitative estimate of drug-likeness (QED) is 0.930. The van der Waals surface area contributed by atoms with Gasteiger partial charge in [0.25, 0.3) is 0 Å². The summed E-state index contributed by atoms with van der Waals surface area (Å²) < 4.78 is 1.95. The first-order chi connectivity index (χ1) is 9.40. The number of hydrogen-bond donors (Lipinski definition) is 1. The molecule has 2 rings (SSSR count). The number of carbonyl (C=O) groups is 1. The SMILES string of the molecule is Cc1ccc(CCC(=O)O)cc1-n1nc(C)c(C)c1C. The third-order valence-electron chi connectivity index (χ3n) is 3.78. The van der Waals surface area contributed by atoms with E-state index in [0.717, 1.165) is 28.2 Å². The zero-order valence-electron chi connectivity index (χ0n) is 12.4. The Morgan fingerprint density at radius 3 is 2.50 bits per heavy atom. The molecule has 20 heavy (non-hydrogen) atoms. The summed E-state index contributed by atoms with van der Waals surface area (Å²) in [6.45, 7) is 8.17. The van der Waals surface area contributed by atoms with Gasteiger partial charge in [-0.1, -0.05) is 12.1 Å². The number of nitrogens with zero attached hydrogens (tertiary/aromatic N) is 2. The van der Waals surface area contributed by atoms with Crippen LogP contribution in [0.5, 0.6) is 0 Å². The first kappa shape index (κ1) is 14.3. The van der Waals surface area contributed by atoms with E-state index in [4.69, 9.17) is 5.11 Å². The number of aliphatic carboxylic acids is 1. The largest absolute Gasteiger partial charge is 0.481 e. The summed E-state index contributed by atoms with van der Waals surface area (Å²) in [5, 5.41) is 13.4. The second-order valence-corrected chi connectivity index (χ2v) is 5.22. The van der Waals surface area contributed by atoms with Crippen molar-refractivity contribution in [1.82, 2.24) is 9.78 Å². The summed E-state index contributed by atoms with van der Waals surface area (Å²) in [5.41, 5.74) is 6.54. The van der Waals surface area contributed by atoms with Crippen LogP contribution in [-0.4, -0.2) is 20.9 Å². The molecule has 4 heteroatoms. The average Bonchev–Trinajstić information content (AvgIpc) is 2.65. The fourth-order valence-electron chi connectivity index (χ4n) is 2.25. The zero-order chi connectivity index (χ0) is 14.9. The third kappa shape index (κ3) is 2.74. The minimum absolute atomic E-state index is 0.151. The van der Waals surface area contributed by atoms with Crippen molar-refractivity contribution in [3.63, 3.8) is 0 Å². The Labute approximate surface area is 119 Å². The predicted octanol–water partition coefficient (Wildman–Crippen LogP) is 3.12. The maximum Gasteiger partial charge on any atom is 0.303 e. The molecule has 0 fully saturated rings. The van der Waals surface area contributed by atoms with Gasteiger partial charge in [-0.3, -0.25) is 4.79 Å². The smallest absolute Gasteiger partial charge is 0.303 e. The summed E-state index contributed by atoms with van der Waals surface area (Å²) in [6.07, 6.45) is 0.694. The molecule has 106 valence electrons. The summed E-state index contributed by atoms with van der Waals surface area (Å²) in [7, 11) is 0. The van der Waals surface area contributed by atoms with Crippen molar-refractivity contribution in [2.24, 2.45) is 0 Å². The third-order valence-corrected chi connectivity index (χ3v) is 3.78. The van der Waals surface area contributed by atoms with Crippen molar-refractivity contribution in [2.75, 3.05) is 0 Å². The predicted molar refractivity (Wildman–Crippen MR) is 78.5 cm³/mol. The molecular weight excluding hydrogens is 252 g/mol. The van der Waals surface area contributed by atoms with Gasteiger partial charge in [-0.2, -0.15) is 5.10 Å². The summed E-state index contributed by atoms with van der Waals surface area (Å²) in [6, 6.07) is 6.05. The van der Waals surface area contributed by atoms with Gasteiger partial charge < -0.3 is 5.11 Å². The Morgan fingerprint density at radius 1 is 1.25 bits per heavy atom. The number of carboxylic acid groups (broad SMARTS) is 1. The molecule has 0 atom stereocenters. The molecule has 0 spiro atoms. The van der Waals surface area contributed by atoms with Crippen molar-refractivity contribution in [3.8, 4) is 5.69 Å². The lowest BCUT2D eigenvalue weighted by molar-refractivity contribution is -0.136. The van der Waals surface area contributed by atoms with E-state index in [1.807, 2.05) is 36.7 Å². The van der Waals surface area contributed by atoms with E-state index in [2.05, 4.69) is 18.9 Å². The van der Waals surface area contributed by atoms with Gasteiger partial charge in [-0.05, 0) is 56.9 Å². The van der Waals surface area contributed by atoms with Gasteiger partial charge in [-0.25, -0.2) is 4.68 Å². The van der Waals surface area contributed by atoms with Crippen molar-refractivity contribution in [3.05, 3.63) is 46.3 Å². The molecule has 1 heterocycles. The average molecular weight is 272 g/mol. The lowest BCUT2D eigenvalue weighted by Crippen LogP contribution is -2.04. The Hall–Kier alpha value is -2.10. The molecule has 2 aromatic rings. The molecule has 0 aliphatic heterocycles. The van der Waals surface area contributed by atoms with Crippen LogP contribution in [0, 0.1) is 27.7 Å². The van der Waals surface area contributed by atoms with Crippen LogP contribution in [0.2, 0.25) is 0 Å². The number of carboxylic acids is 1. The van der Waals surface area contributed by atoms with Crippen LogP contribution in [0.4, 0.5) is 0 Å². The van der Waals surface area contributed by atoms with Crippen molar-refractivity contribution >= 4 is 5.97 Å². The van der Waals surface area contributed by atoms with E-state index < -0.39 is 5.97 Å². The molecule has 0 aliphatic carbocycles. The first-order valence-electron chi connectivity index (χ1n) is 6.74. The van der Waals surface area contributed by atoms with Crippen LogP contribution in [0.25, 0.3) is 5.69 Å². The highest BCUT2D eigenvalue weighted by atomic mass is 16.4. The van der Waals surface area contributed by atoms with Crippen molar-refractivity contribution in [2.45, 2.75) is 40.5 Å². The van der Waals surface area contributed by atoms with Crippen LogP contribution in [0.15, 0.2) is 18.2 Å². The van der Waals surface area contributed by atoms with E-state index in [0.29, 0.717) is 6.42 Å². The molecule has 0 radical (unpaired) electrons. The first-order valence-corrected chi connectivity index (χ1v) is 6.74. The fourth-order valence-corrected chi connectivity index (χ4v) is 2.25. The Balaban J connectivity index is 2.42. The molecule has 0 bridgehead atoms. The van der Waals surface area contributed by atoms with Gasteiger partial charge >= 0.3 is 5.97 Å². The van der Waals surface area contributed by atoms with Gasteiger partial charge in [-0.15, -0.1) is 0 Å². The lowest BCUT2D eigenvalue weighted by Gasteiger charge is -2.10. The highest BCUT2D eigenvalue weighted by Gasteiger charge is 2.11. The number of aryl methyl sites for hydroxylation is 3. The van der Waals surface area contributed by atoms with Crippen molar-refractivity contribution < 1.29 is 9.90 Å². The maximum atomic E-state index is 10.7. The van der Waals surface area contributed by atoms with Crippen LogP contribution in [-0.2, 0) is 11.2 Å². The Morgan fingerprint density at radius 2 is 1.95 bits per heavy atom. The fraction of sp³-hybridized carbons (Fsp3) is 0.375. The summed E-state index contributed by atoms with van der Waals surface area (Å²) in [5.74, 6) is -0.769. The van der Waals surface area contributed by atoms with E-state index in [1.165, 1.54) is 5.56 Å². The molecule has 0 saturated heterocycles. The molecule has 0 amide bonds. The maximum absolute atomic E-state index is 10.7. The van der Waals surface area contributed by atoms with Gasteiger partial charge in [0.1, 0.15) is 0 Å². The van der Waals surface area contributed by atoms with Gasteiger partial charge in [0.2, 0.25) is 0 Å². The molecule has 0 saturated carbocycles. The van der Waals surface area contributed by atoms with Gasteiger partial charge in [0.05, 0.1) is 11.4 Å². The Bertz CT molecular complexity index is 657. The van der Waals surface area contributed by atoms with Crippen LogP contribution >= 0.6 is 0 Å². The molecule has 1 aromatic carbocycles. The minimum Gasteiger partial charge on any atom is -0.481 e. The molecule has 0 unspecified atom stereocenters. The van der Waals surface area contributed by atoms with Crippen LogP contribution in [0.1, 0.15) is 34.5 Å². The van der Waals surface area contributed by atoms with E-state index in [-0.39, 0.29) is 6.42 Å². The second-order valence-electron chi connectivity index (χ2n) is 5.22. The van der Waals surface area contributed by atoms with Gasteiger partial charge in [0.15, 0.2) is 0 Å². The van der Waals surface area contributed by atoms with E-state index in [9.17, 15) is 4.79 Å². The summed E-state index contributed by atoms with van der Waals surface area (Å²) in [4.78, 5) is 10.7. The molecular formula is C16H20N2O2. The zero-order valence-corrected chi connectivity index (χ0v) is 12.4. The summed E-state index contributed by atoms with van der Waals surface area (Å²) >= 11 is 0. The monoisotopic (exact) mass is 272 g/mol. The van der Waals surface area contributed by atoms with E-state index in [1.54, 1.807) is 0 Å². The number of aromatic nitrogens is 2. The Kier molecular flexibility index (Phi) is 3.93. The van der Waals surface area contributed by atoms with E-state index >= 15 is 0 Å². The topological polar surface area (TPSA) is 55.1 Å². The molecule has 0 aliphatic rings. The van der Waals surface area contributed by atoms with Crippen LogP contribution in [0.3, 0.4) is 0 Å². The lowest BCUT2D eigenvalue weighted by atomic mass is 10.1. The number of hydrogen-bond acceptors (Lipinski definition) is 2. The highest BCUT2D eigenvalue weighted by Crippen LogP contribution is 2.21. The normalized spacial score (nSPS) is 10.8. The minimum atomic E-state index is -0.769. The van der Waals surface area contributed by atoms with Gasteiger partial charge in [0, 0.05) is 12.1 Å². The van der Waals surface area contributed by atoms with Crippen LogP contribution < -0.4 is 0 Å². The number of rotatable bonds is 4. The number of benzene rings is 1. The standard InChI is InChI=1S/C16H20N2O2/c1-10-5-6-14(7-8-16(19)20)9-15(10)18-13(4)11(2)12(3)17-18/h5-6,9H,7-8H2,1-4H3,(H,19,20). The second kappa shape index (κ2) is 5.49. The molecule has 1 aromatic heterocycles. The molecule has 1 N–H and O–H groups in total. The molecule has 4 nitrogen and oxygen atoms in total.